The van der Waals surface area contributed by atoms with E-state index in [9.17, 15) is 14.7 Å². The van der Waals surface area contributed by atoms with Gasteiger partial charge in [0.25, 0.3) is 5.78 Å². The van der Waals surface area contributed by atoms with Crippen LogP contribution in [0.1, 0.15) is 12.5 Å². The Bertz CT molecular complexity index is 618. The summed E-state index contributed by atoms with van der Waals surface area (Å²) in [4.78, 5) is 25.3. The van der Waals surface area contributed by atoms with Crippen molar-refractivity contribution in [2.24, 2.45) is 0 Å². The van der Waals surface area contributed by atoms with Crippen LogP contribution in [0.2, 0.25) is 0 Å². The van der Waals surface area contributed by atoms with Gasteiger partial charge in [-0.2, -0.15) is 0 Å². The molecule has 0 bridgehead atoms. The monoisotopic (exact) mass is 335 g/mol. The number of carbonyl (C=O) groups excluding carboxylic acids is 2. The van der Waals surface area contributed by atoms with Crippen molar-refractivity contribution >= 4 is 35.0 Å². The third kappa shape index (κ3) is 5.49. The Labute approximate surface area is 140 Å². The van der Waals surface area contributed by atoms with E-state index in [-0.39, 0.29) is 12.4 Å². The maximum absolute atomic E-state index is 11.6. The van der Waals surface area contributed by atoms with Gasteiger partial charge in [0.15, 0.2) is 0 Å². The summed E-state index contributed by atoms with van der Waals surface area (Å²) in [5, 5.41) is 10.3. The highest BCUT2D eigenvalue weighted by Gasteiger charge is 2.12. The van der Waals surface area contributed by atoms with Gasteiger partial charge in [0.1, 0.15) is 5.76 Å². The van der Waals surface area contributed by atoms with Crippen molar-refractivity contribution in [3.05, 3.63) is 46.9 Å². The molecule has 0 spiro atoms. The van der Waals surface area contributed by atoms with Crippen LogP contribution >= 0.6 is 11.8 Å². The van der Waals surface area contributed by atoms with Gasteiger partial charge in [-0.05, 0) is 49.6 Å². The van der Waals surface area contributed by atoms with Crippen LogP contribution in [0.15, 0.2) is 41.3 Å². The van der Waals surface area contributed by atoms with Crippen molar-refractivity contribution in [3.8, 4) is 0 Å². The Kier molecular flexibility index (Phi) is 7.41. The molecule has 0 radical (unpaired) electrons. The fraction of sp³-hybridized carbons (Fsp3) is 0.294. The van der Waals surface area contributed by atoms with E-state index < -0.39 is 11.8 Å². The molecule has 1 aromatic carbocycles. The summed E-state index contributed by atoms with van der Waals surface area (Å²) in [5.41, 5.74) is 1.65. The van der Waals surface area contributed by atoms with Gasteiger partial charge in [-0.15, -0.1) is 11.8 Å². The van der Waals surface area contributed by atoms with Crippen molar-refractivity contribution in [1.29, 1.82) is 0 Å². The molecule has 0 aliphatic rings. The molecule has 1 rings (SSSR count). The average molecular weight is 335 g/mol. The van der Waals surface area contributed by atoms with Crippen molar-refractivity contribution in [2.75, 3.05) is 31.9 Å². The normalized spacial score (nSPS) is 12.0. The first-order chi connectivity index (χ1) is 10.9. The molecular weight excluding hydrogens is 314 g/mol. The first-order valence-corrected chi connectivity index (χ1v) is 8.27. The van der Waals surface area contributed by atoms with Crippen LogP contribution in [0.3, 0.4) is 0 Å². The lowest BCUT2D eigenvalue weighted by molar-refractivity contribution is -0.151. The van der Waals surface area contributed by atoms with E-state index in [0.29, 0.717) is 10.5 Å². The number of rotatable bonds is 7. The van der Waals surface area contributed by atoms with Crippen LogP contribution in [-0.4, -0.2) is 43.8 Å². The molecule has 0 aliphatic carbocycles. The number of esters is 1. The summed E-state index contributed by atoms with van der Waals surface area (Å²) in [6.45, 7) is 1.78. The summed E-state index contributed by atoms with van der Waals surface area (Å²) >= 11 is 1.28. The topological polar surface area (TPSA) is 66.8 Å². The molecular formula is C17H21NO4S. The molecule has 6 heteroatoms. The lowest BCUT2D eigenvalue weighted by atomic mass is 10.1. The Morgan fingerprint density at radius 2 is 1.83 bits per heavy atom. The number of anilines is 1. The minimum Gasteiger partial charge on any atom is -0.506 e. The summed E-state index contributed by atoms with van der Waals surface area (Å²) < 4.78 is 4.62. The molecule has 0 atom stereocenters. The van der Waals surface area contributed by atoms with Crippen LogP contribution < -0.4 is 4.90 Å². The smallest absolute Gasteiger partial charge is 0.379 e. The minimum atomic E-state index is -0.904. The second-order valence-corrected chi connectivity index (χ2v) is 5.62. The molecule has 0 unspecified atom stereocenters. The molecule has 0 heterocycles. The number of thioether (sulfide) groups is 1. The van der Waals surface area contributed by atoms with E-state index in [2.05, 4.69) is 4.74 Å². The summed E-state index contributed by atoms with van der Waals surface area (Å²) in [6.07, 6.45) is 4.30. The molecule has 5 nitrogen and oxygen atoms in total. The second kappa shape index (κ2) is 9.05. The molecule has 124 valence electrons. The Morgan fingerprint density at radius 3 is 2.30 bits per heavy atom. The Balaban J connectivity index is 2.99. The van der Waals surface area contributed by atoms with E-state index in [1.165, 1.54) is 17.8 Å². The molecule has 0 aromatic heterocycles. The lowest BCUT2D eigenvalue weighted by Gasteiger charge is -2.13. The van der Waals surface area contributed by atoms with Gasteiger partial charge in [-0.3, -0.25) is 4.79 Å². The second-order valence-electron chi connectivity index (χ2n) is 4.78. The lowest BCUT2D eigenvalue weighted by Crippen LogP contribution is -2.14. The number of benzene rings is 1. The quantitative estimate of drug-likeness (QED) is 0.272. The number of aliphatic hydroxyl groups excluding tert-OH is 1. The highest BCUT2D eigenvalue weighted by molar-refractivity contribution is 8.02. The van der Waals surface area contributed by atoms with Gasteiger partial charge >= 0.3 is 5.97 Å². The molecule has 0 saturated heterocycles. The molecule has 0 fully saturated rings. The molecule has 23 heavy (non-hydrogen) atoms. The fourth-order valence-electron chi connectivity index (χ4n) is 1.72. The number of aliphatic hydroxyl groups is 1. The van der Waals surface area contributed by atoms with Crippen molar-refractivity contribution in [3.63, 3.8) is 0 Å². The van der Waals surface area contributed by atoms with Gasteiger partial charge in [-0.1, -0.05) is 0 Å². The predicted octanol–water partition coefficient (Wildman–Crippen LogP) is 3.03. The van der Waals surface area contributed by atoms with Crippen molar-refractivity contribution in [2.45, 2.75) is 6.92 Å². The zero-order valence-electron chi connectivity index (χ0n) is 13.7. The Morgan fingerprint density at radius 1 is 1.22 bits per heavy atom. The minimum absolute atomic E-state index is 0.0516. The van der Waals surface area contributed by atoms with Gasteiger partial charge in [0.2, 0.25) is 0 Å². The molecule has 0 aliphatic heterocycles. The average Bonchev–Trinajstić information content (AvgIpc) is 2.55. The number of hydrogen-bond acceptors (Lipinski definition) is 6. The Hall–Kier alpha value is -2.21. The first-order valence-electron chi connectivity index (χ1n) is 7.04. The number of ether oxygens (including phenoxy) is 1. The van der Waals surface area contributed by atoms with Crippen molar-refractivity contribution in [1.82, 2.24) is 0 Å². The zero-order valence-corrected chi connectivity index (χ0v) is 14.5. The maximum Gasteiger partial charge on any atom is 0.379 e. The van der Waals surface area contributed by atoms with E-state index in [4.69, 9.17) is 0 Å². The highest BCUT2D eigenvalue weighted by atomic mass is 32.2. The van der Waals surface area contributed by atoms with Crippen LogP contribution in [0.4, 0.5) is 5.69 Å². The highest BCUT2D eigenvalue weighted by Crippen LogP contribution is 2.25. The number of carbonyl (C=O) groups is 2. The SMILES string of the molecule is CCOC(=O)C(=O)/C=C/C(SC)=C(\O)c1ccc(N(C)C)cc1. The standard InChI is InChI=1S/C17H21NO4S/c1-5-22-17(21)14(19)10-11-15(23-4)16(20)12-6-8-13(9-7-12)18(2)3/h6-11,20H,5H2,1-4H3/b11-10+,16-15+. The number of nitrogens with zero attached hydrogens (tertiary/aromatic N) is 1. The van der Waals surface area contributed by atoms with Crippen LogP contribution in [-0.2, 0) is 14.3 Å². The molecule has 0 saturated carbocycles. The van der Waals surface area contributed by atoms with Crippen LogP contribution in [0.5, 0.6) is 0 Å². The fourth-order valence-corrected chi connectivity index (χ4v) is 2.24. The van der Waals surface area contributed by atoms with Gasteiger partial charge < -0.3 is 14.7 Å². The summed E-state index contributed by atoms with van der Waals surface area (Å²) in [5.74, 6) is -1.61. The van der Waals surface area contributed by atoms with E-state index >= 15 is 0 Å². The van der Waals surface area contributed by atoms with Gasteiger partial charge in [0, 0.05) is 30.3 Å². The van der Waals surface area contributed by atoms with E-state index in [1.54, 1.807) is 25.3 Å². The summed E-state index contributed by atoms with van der Waals surface area (Å²) in [7, 11) is 3.86. The third-order valence-corrected chi connectivity index (χ3v) is 3.74. The number of hydrogen-bond donors (Lipinski definition) is 1. The number of ketones is 1. The van der Waals surface area contributed by atoms with Crippen molar-refractivity contribution < 1.29 is 19.4 Å². The molecule has 1 N–H and O–H groups in total. The van der Waals surface area contributed by atoms with Crippen LogP contribution in [0, 0.1) is 0 Å². The van der Waals surface area contributed by atoms with E-state index in [0.717, 1.165) is 11.8 Å². The summed E-state index contributed by atoms with van der Waals surface area (Å²) in [6, 6.07) is 7.36. The van der Waals surface area contributed by atoms with Crippen LogP contribution in [0.25, 0.3) is 5.76 Å². The first kappa shape index (κ1) is 18.8. The molecule has 0 amide bonds. The third-order valence-electron chi connectivity index (χ3n) is 2.97. The van der Waals surface area contributed by atoms with Gasteiger partial charge in [0.05, 0.1) is 6.61 Å². The predicted molar refractivity (Wildman–Crippen MR) is 94.6 cm³/mol. The van der Waals surface area contributed by atoms with E-state index in [1.807, 2.05) is 31.1 Å². The van der Waals surface area contributed by atoms with Gasteiger partial charge in [-0.25, -0.2) is 4.79 Å². The molecule has 1 aromatic rings. The largest absolute Gasteiger partial charge is 0.506 e. The zero-order chi connectivity index (χ0) is 17.4. The maximum atomic E-state index is 11.6. The number of allylic oxidation sites excluding steroid dienone is 1.